The van der Waals surface area contributed by atoms with Gasteiger partial charge in [0.1, 0.15) is 5.69 Å². The van der Waals surface area contributed by atoms with Gasteiger partial charge < -0.3 is 14.8 Å². The molecule has 0 saturated heterocycles. The van der Waals surface area contributed by atoms with Crippen molar-refractivity contribution < 1.29 is 19.1 Å². The number of carbonyl (C=O) groups excluding carboxylic acids is 2. The van der Waals surface area contributed by atoms with Gasteiger partial charge in [-0.1, -0.05) is 19.3 Å². The number of rotatable bonds is 7. The monoisotopic (exact) mass is 320 g/mol. The number of carbonyl (C=O) groups is 2. The van der Waals surface area contributed by atoms with Gasteiger partial charge in [0.15, 0.2) is 0 Å². The van der Waals surface area contributed by atoms with Crippen LogP contribution in [0.4, 0.5) is 0 Å². The Labute approximate surface area is 136 Å². The van der Waals surface area contributed by atoms with Crippen LogP contribution in [0.5, 0.6) is 0 Å². The molecular formula is C17H24N2O4. The van der Waals surface area contributed by atoms with E-state index in [9.17, 15) is 9.59 Å². The highest BCUT2D eigenvalue weighted by Gasteiger charge is 2.13. The van der Waals surface area contributed by atoms with Crippen molar-refractivity contribution in [1.82, 2.24) is 10.3 Å². The van der Waals surface area contributed by atoms with E-state index in [2.05, 4.69) is 15.0 Å². The molecule has 6 heteroatoms. The van der Waals surface area contributed by atoms with E-state index in [4.69, 9.17) is 4.74 Å². The number of hydrogen-bond acceptors (Lipinski definition) is 5. The van der Waals surface area contributed by atoms with Crippen LogP contribution < -0.4 is 5.32 Å². The summed E-state index contributed by atoms with van der Waals surface area (Å²) in [4.78, 5) is 27.2. The number of pyridine rings is 1. The molecule has 1 aromatic rings. The summed E-state index contributed by atoms with van der Waals surface area (Å²) in [6.45, 7) is 1.21. The smallest absolute Gasteiger partial charge is 0.339 e. The fourth-order valence-corrected chi connectivity index (χ4v) is 2.61. The summed E-state index contributed by atoms with van der Waals surface area (Å²) < 4.78 is 10.4. The van der Waals surface area contributed by atoms with E-state index < -0.39 is 5.97 Å². The predicted molar refractivity (Wildman–Crippen MR) is 85.4 cm³/mol. The molecule has 1 aliphatic carbocycles. The Bertz CT molecular complexity index is 510. The van der Waals surface area contributed by atoms with E-state index in [0.717, 1.165) is 19.3 Å². The zero-order valence-electron chi connectivity index (χ0n) is 13.5. The quantitative estimate of drug-likeness (QED) is 0.616. The lowest BCUT2D eigenvalue weighted by molar-refractivity contribution is 0.0273. The minimum Gasteiger partial charge on any atom is -0.465 e. The van der Waals surface area contributed by atoms with Crippen LogP contribution in [0.25, 0.3) is 0 Å². The third-order valence-corrected chi connectivity index (χ3v) is 3.93. The van der Waals surface area contributed by atoms with Crippen LogP contribution >= 0.6 is 0 Å². The van der Waals surface area contributed by atoms with Gasteiger partial charge in [-0.05, 0) is 31.4 Å². The molecule has 0 bridgehead atoms. The normalized spacial score (nSPS) is 15.2. The second-order valence-electron chi connectivity index (χ2n) is 5.66. The molecule has 0 aromatic carbocycles. The van der Waals surface area contributed by atoms with Gasteiger partial charge in [0.2, 0.25) is 0 Å². The van der Waals surface area contributed by atoms with Crippen molar-refractivity contribution in [2.75, 3.05) is 20.3 Å². The lowest BCUT2D eigenvalue weighted by atomic mass is 9.98. The molecule has 126 valence electrons. The highest BCUT2D eigenvalue weighted by molar-refractivity contribution is 5.94. The van der Waals surface area contributed by atoms with E-state index in [1.807, 2.05) is 0 Å². The molecule has 1 heterocycles. The average Bonchev–Trinajstić information content (AvgIpc) is 2.61. The maximum atomic E-state index is 11.9. The number of amides is 1. The lowest BCUT2D eigenvalue weighted by Gasteiger charge is -2.21. The van der Waals surface area contributed by atoms with Crippen LogP contribution in [-0.2, 0) is 9.47 Å². The Kier molecular flexibility index (Phi) is 7.00. The number of ether oxygens (including phenoxy) is 2. The summed E-state index contributed by atoms with van der Waals surface area (Å²) in [5.41, 5.74) is 0.607. The molecule has 1 saturated carbocycles. The number of esters is 1. The van der Waals surface area contributed by atoms with Gasteiger partial charge in [-0.3, -0.25) is 9.78 Å². The van der Waals surface area contributed by atoms with Gasteiger partial charge >= 0.3 is 5.97 Å². The van der Waals surface area contributed by atoms with Gasteiger partial charge in [-0.2, -0.15) is 0 Å². The molecular weight excluding hydrogens is 296 g/mol. The topological polar surface area (TPSA) is 77.5 Å². The fourth-order valence-electron chi connectivity index (χ4n) is 2.61. The van der Waals surface area contributed by atoms with E-state index in [0.29, 0.717) is 24.8 Å². The summed E-state index contributed by atoms with van der Waals surface area (Å²) in [6.07, 6.45) is 8.66. The SMILES string of the molecule is COC(=O)c1ccc(C(=O)NCCCOC2CCCCC2)nc1. The van der Waals surface area contributed by atoms with Crippen LogP contribution in [0, 0.1) is 0 Å². The minimum atomic E-state index is -0.468. The molecule has 1 aromatic heterocycles. The van der Waals surface area contributed by atoms with Crippen LogP contribution in [0.3, 0.4) is 0 Å². The van der Waals surface area contributed by atoms with Crippen LogP contribution in [0.2, 0.25) is 0 Å². The van der Waals surface area contributed by atoms with Gasteiger partial charge in [-0.25, -0.2) is 4.79 Å². The van der Waals surface area contributed by atoms with E-state index in [-0.39, 0.29) is 11.6 Å². The molecule has 1 amide bonds. The molecule has 0 radical (unpaired) electrons. The maximum Gasteiger partial charge on any atom is 0.339 e. The van der Waals surface area contributed by atoms with E-state index >= 15 is 0 Å². The number of aromatic nitrogens is 1. The molecule has 1 fully saturated rings. The largest absolute Gasteiger partial charge is 0.465 e. The molecule has 23 heavy (non-hydrogen) atoms. The molecule has 0 spiro atoms. The minimum absolute atomic E-state index is 0.251. The zero-order valence-corrected chi connectivity index (χ0v) is 13.5. The highest BCUT2D eigenvalue weighted by atomic mass is 16.5. The van der Waals surface area contributed by atoms with E-state index in [1.54, 1.807) is 0 Å². The van der Waals surface area contributed by atoms with Crippen molar-refractivity contribution >= 4 is 11.9 Å². The lowest BCUT2D eigenvalue weighted by Crippen LogP contribution is -2.27. The second kappa shape index (κ2) is 9.25. The first kappa shape index (κ1) is 17.4. The number of methoxy groups -OCH3 is 1. The second-order valence-corrected chi connectivity index (χ2v) is 5.66. The van der Waals surface area contributed by atoms with Gasteiger partial charge in [-0.15, -0.1) is 0 Å². The Morgan fingerprint density at radius 1 is 1.26 bits per heavy atom. The zero-order chi connectivity index (χ0) is 16.5. The summed E-state index contributed by atoms with van der Waals surface area (Å²) in [6, 6.07) is 3.04. The molecule has 1 N–H and O–H groups in total. The van der Waals surface area contributed by atoms with Gasteiger partial charge in [0.05, 0.1) is 18.8 Å². The van der Waals surface area contributed by atoms with Gasteiger partial charge in [0, 0.05) is 19.3 Å². The first-order valence-electron chi connectivity index (χ1n) is 8.15. The maximum absolute atomic E-state index is 11.9. The van der Waals surface area contributed by atoms with Crippen molar-refractivity contribution in [3.63, 3.8) is 0 Å². The Morgan fingerprint density at radius 2 is 2.04 bits per heavy atom. The van der Waals surface area contributed by atoms with Crippen molar-refractivity contribution in [1.29, 1.82) is 0 Å². The summed E-state index contributed by atoms with van der Waals surface area (Å²) in [7, 11) is 1.30. The first-order valence-corrected chi connectivity index (χ1v) is 8.15. The third-order valence-electron chi connectivity index (χ3n) is 3.93. The molecule has 6 nitrogen and oxygen atoms in total. The predicted octanol–water partition coefficient (Wildman–Crippen LogP) is 2.34. The fraction of sp³-hybridized carbons (Fsp3) is 0.588. The molecule has 0 aliphatic heterocycles. The standard InChI is InChI=1S/C17H24N2O4/c1-22-17(21)13-8-9-15(19-12-13)16(20)18-10-5-11-23-14-6-3-2-4-7-14/h8-9,12,14H,2-7,10-11H2,1H3,(H,18,20). The molecule has 1 aliphatic rings. The van der Waals surface area contributed by atoms with Gasteiger partial charge in [0.25, 0.3) is 5.91 Å². The molecule has 2 rings (SSSR count). The first-order chi connectivity index (χ1) is 11.2. The van der Waals surface area contributed by atoms with E-state index in [1.165, 1.54) is 44.7 Å². The number of hydrogen-bond donors (Lipinski definition) is 1. The number of nitrogens with one attached hydrogen (secondary N) is 1. The van der Waals surface area contributed by atoms with Crippen LogP contribution in [-0.4, -0.2) is 43.2 Å². The summed E-state index contributed by atoms with van der Waals surface area (Å²) >= 11 is 0. The Balaban J connectivity index is 1.65. The van der Waals surface area contributed by atoms with Crippen molar-refractivity contribution in [3.05, 3.63) is 29.6 Å². The van der Waals surface area contributed by atoms with Crippen LogP contribution in [0.15, 0.2) is 18.3 Å². The van der Waals surface area contributed by atoms with Crippen molar-refractivity contribution in [2.24, 2.45) is 0 Å². The molecule has 0 unspecified atom stereocenters. The van der Waals surface area contributed by atoms with Crippen LogP contribution in [0.1, 0.15) is 59.4 Å². The highest BCUT2D eigenvalue weighted by Crippen LogP contribution is 2.20. The van der Waals surface area contributed by atoms with Crippen molar-refractivity contribution in [3.8, 4) is 0 Å². The average molecular weight is 320 g/mol. The van der Waals surface area contributed by atoms with Crippen molar-refractivity contribution in [2.45, 2.75) is 44.6 Å². The molecule has 0 atom stereocenters. The summed E-state index contributed by atoms with van der Waals surface area (Å²) in [5, 5.41) is 2.80. The summed E-state index contributed by atoms with van der Waals surface area (Å²) in [5.74, 6) is -0.719. The Hall–Kier alpha value is -1.95. The third kappa shape index (κ3) is 5.63. The number of nitrogens with zero attached hydrogens (tertiary/aromatic N) is 1. The Morgan fingerprint density at radius 3 is 2.70 bits per heavy atom.